The van der Waals surface area contributed by atoms with Crippen LogP contribution in [0.1, 0.15) is 0 Å². The highest BCUT2D eigenvalue weighted by Crippen LogP contribution is 2.52. The summed E-state index contributed by atoms with van der Waals surface area (Å²) in [5.74, 6) is 3.62. The molecular formula is C36H22BNO2S. The van der Waals surface area contributed by atoms with Crippen molar-refractivity contribution >= 4 is 56.7 Å². The minimum Gasteiger partial charge on any atom is -0.458 e. The molecule has 0 N–H and O–H groups in total. The van der Waals surface area contributed by atoms with Crippen molar-refractivity contribution in [1.29, 1.82) is 0 Å². The molecule has 0 radical (unpaired) electrons. The van der Waals surface area contributed by atoms with Gasteiger partial charge in [0.05, 0.1) is 20.8 Å². The number of fused-ring (bicyclic) bond motifs is 8. The largest absolute Gasteiger partial charge is 0.458 e. The van der Waals surface area contributed by atoms with Gasteiger partial charge in [0.1, 0.15) is 23.0 Å². The van der Waals surface area contributed by atoms with E-state index in [-0.39, 0.29) is 6.71 Å². The van der Waals surface area contributed by atoms with Crippen LogP contribution in [0.2, 0.25) is 0 Å². The van der Waals surface area contributed by atoms with E-state index in [1.165, 1.54) is 27.2 Å². The van der Waals surface area contributed by atoms with Gasteiger partial charge in [0, 0.05) is 22.5 Å². The molecule has 41 heavy (non-hydrogen) atoms. The zero-order valence-electron chi connectivity index (χ0n) is 22.0. The summed E-state index contributed by atoms with van der Waals surface area (Å²) in [6.07, 6.45) is 0. The van der Waals surface area contributed by atoms with Crippen LogP contribution in [0.4, 0.5) is 0 Å². The van der Waals surface area contributed by atoms with E-state index >= 15 is 0 Å². The van der Waals surface area contributed by atoms with E-state index in [0.717, 1.165) is 49.5 Å². The monoisotopic (exact) mass is 543 g/mol. The van der Waals surface area contributed by atoms with Gasteiger partial charge in [0.25, 0.3) is 6.71 Å². The van der Waals surface area contributed by atoms with Gasteiger partial charge in [0.2, 0.25) is 0 Å². The first-order valence-corrected chi connectivity index (χ1v) is 14.6. The van der Waals surface area contributed by atoms with Crippen molar-refractivity contribution in [2.75, 3.05) is 0 Å². The van der Waals surface area contributed by atoms with Crippen molar-refractivity contribution in [2.45, 2.75) is 9.79 Å². The first-order chi connectivity index (χ1) is 20.3. The van der Waals surface area contributed by atoms with E-state index in [4.69, 9.17) is 9.47 Å². The van der Waals surface area contributed by atoms with Crippen LogP contribution < -0.4 is 25.9 Å². The van der Waals surface area contributed by atoms with Crippen LogP contribution in [0, 0.1) is 0 Å². The molecule has 2 aliphatic rings. The van der Waals surface area contributed by atoms with Crippen molar-refractivity contribution in [1.82, 2.24) is 4.57 Å². The highest BCUT2D eigenvalue weighted by molar-refractivity contribution is 7.99. The number of hydrogen-bond acceptors (Lipinski definition) is 3. The van der Waals surface area contributed by atoms with Crippen molar-refractivity contribution in [2.24, 2.45) is 0 Å². The van der Waals surface area contributed by atoms with E-state index in [9.17, 15) is 0 Å². The minimum atomic E-state index is 0.115. The zero-order chi connectivity index (χ0) is 26.9. The third-order valence-corrected chi connectivity index (χ3v) is 9.35. The summed E-state index contributed by atoms with van der Waals surface area (Å²) in [5.41, 5.74) is 7.01. The summed E-state index contributed by atoms with van der Waals surface area (Å²) >= 11 is 1.79. The van der Waals surface area contributed by atoms with Gasteiger partial charge < -0.3 is 14.0 Å². The molecule has 0 unspecified atom stereocenters. The molecule has 0 bridgehead atoms. The van der Waals surface area contributed by atoms with Crippen molar-refractivity contribution in [3.63, 3.8) is 0 Å². The maximum atomic E-state index is 6.58. The Morgan fingerprint density at radius 1 is 0.537 bits per heavy atom. The smallest absolute Gasteiger partial charge is 0.250 e. The van der Waals surface area contributed by atoms with Gasteiger partial charge in [0.15, 0.2) is 0 Å². The number of benzene rings is 6. The van der Waals surface area contributed by atoms with Gasteiger partial charge in [-0.05, 0) is 53.4 Å². The van der Waals surface area contributed by atoms with Gasteiger partial charge >= 0.3 is 0 Å². The lowest BCUT2D eigenvalue weighted by Crippen LogP contribution is -2.54. The molecule has 0 saturated carbocycles. The first kappa shape index (κ1) is 22.9. The lowest BCUT2D eigenvalue weighted by Gasteiger charge is -2.27. The predicted molar refractivity (Wildman–Crippen MR) is 169 cm³/mol. The Morgan fingerprint density at radius 3 is 2.20 bits per heavy atom. The number of para-hydroxylation sites is 3. The molecule has 0 aliphatic carbocycles. The zero-order valence-corrected chi connectivity index (χ0v) is 22.8. The van der Waals surface area contributed by atoms with Crippen molar-refractivity contribution < 1.29 is 9.47 Å². The summed E-state index contributed by atoms with van der Waals surface area (Å²) < 4.78 is 15.3. The second kappa shape index (κ2) is 8.82. The van der Waals surface area contributed by atoms with Crippen LogP contribution in [0.3, 0.4) is 0 Å². The molecule has 0 saturated heterocycles. The average Bonchev–Trinajstić information content (AvgIpc) is 3.37. The van der Waals surface area contributed by atoms with Gasteiger partial charge in [-0.25, -0.2) is 0 Å². The molecule has 0 spiro atoms. The van der Waals surface area contributed by atoms with Crippen molar-refractivity contribution in [3.8, 4) is 28.7 Å². The fourth-order valence-corrected chi connectivity index (χ4v) is 7.51. The van der Waals surface area contributed by atoms with E-state index < -0.39 is 0 Å². The average molecular weight is 543 g/mol. The first-order valence-electron chi connectivity index (χ1n) is 13.8. The van der Waals surface area contributed by atoms with Crippen LogP contribution in [-0.4, -0.2) is 11.3 Å². The van der Waals surface area contributed by atoms with E-state index in [0.29, 0.717) is 0 Å². The Morgan fingerprint density at radius 2 is 1.27 bits per heavy atom. The quantitative estimate of drug-likeness (QED) is 0.209. The van der Waals surface area contributed by atoms with Crippen LogP contribution in [-0.2, 0) is 0 Å². The van der Waals surface area contributed by atoms with Gasteiger partial charge in [-0.15, -0.1) is 0 Å². The van der Waals surface area contributed by atoms with E-state index in [2.05, 4.69) is 120 Å². The topological polar surface area (TPSA) is 23.4 Å². The van der Waals surface area contributed by atoms with Crippen LogP contribution >= 0.6 is 11.8 Å². The fraction of sp³-hybridized carbons (Fsp3) is 0. The van der Waals surface area contributed by atoms with Gasteiger partial charge in [-0.3, -0.25) is 0 Å². The van der Waals surface area contributed by atoms with Gasteiger partial charge in [-0.2, -0.15) is 0 Å². The standard InChI is InChI=1S/C36H22BNO2S/c1-2-10-23(11-3-1)37-26-13-5-7-15-30(26)39-33-22-24(18-19-27(33)37)38-28-14-6-4-12-25(28)35-29(38)20-21-32-36(35)41-34-17-9-8-16-31(34)40-32/h1-22H. The third kappa shape index (κ3) is 3.42. The SMILES string of the molecule is c1ccc(B2c3ccccc3Oc3cc(-n4c5ccccc5c5c6c(ccc54)Oc4ccccc4S6)ccc32)cc1. The molecule has 5 heteroatoms. The summed E-state index contributed by atoms with van der Waals surface area (Å²) in [6.45, 7) is 0.115. The Kier molecular flexibility index (Phi) is 4.93. The van der Waals surface area contributed by atoms with Crippen LogP contribution in [0.15, 0.2) is 143 Å². The molecule has 9 rings (SSSR count). The number of hydrogen-bond donors (Lipinski definition) is 0. The molecule has 3 heterocycles. The highest BCUT2D eigenvalue weighted by atomic mass is 32.2. The molecule has 1 aromatic heterocycles. The fourth-order valence-electron chi connectivity index (χ4n) is 6.41. The molecule has 0 atom stereocenters. The molecule has 0 amide bonds. The highest BCUT2D eigenvalue weighted by Gasteiger charge is 2.32. The summed E-state index contributed by atoms with van der Waals surface area (Å²) in [7, 11) is 0. The second-order valence-corrected chi connectivity index (χ2v) is 11.5. The molecule has 2 aliphatic heterocycles. The second-order valence-electron chi connectivity index (χ2n) is 10.5. The summed E-state index contributed by atoms with van der Waals surface area (Å²) in [6, 6.07) is 47.0. The molecule has 7 aromatic rings. The Labute approximate surface area is 242 Å². The van der Waals surface area contributed by atoms with Crippen molar-refractivity contribution in [3.05, 3.63) is 133 Å². The molecule has 6 aromatic carbocycles. The molecular weight excluding hydrogens is 521 g/mol. The molecule has 192 valence electrons. The van der Waals surface area contributed by atoms with E-state index in [1.807, 2.05) is 18.2 Å². The maximum absolute atomic E-state index is 6.58. The lowest BCUT2D eigenvalue weighted by atomic mass is 9.36. The summed E-state index contributed by atoms with van der Waals surface area (Å²) in [5, 5.41) is 2.42. The summed E-state index contributed by atoms with van der Waals surface area (Å²) in [4.78, 5) is 2.29. The van der Waals surface area contributed by atoms with Crippen LogP contribution in [0.5, 0.6) is 23.0 Å². The van der Waals surface area contributed by atoms with E-state index in [1.54, 1.807) is 11.8 Å². The Hall–Kier alpha value is -4.87. The Bertz CT molecular complexity index is 2150. The lowest BCUT2D eigenvalue weighted by molar-refractivity contribution is 0.456. The number of aromatic nitrogens is 1. The Balaban J connectivity index is 1.26. The number of rotatable bonds is 2. The minimum absolute atomic E-state index is 0.115. The number of ether oxygens (including phenoxy) is 2. The normalized spacial score (nSPS) is 13.1. The maximum Gasteiger partial charge on any atom is 0.250 e. The molecule has 0 fully saturated rings. The third-order valence-electron chi connectivity index (χ3n) is 8.19. The predicted octanol–water partition coefficient (Wildman–Crippen LogP) is 7.66. The van der Waals surface area contributed by atoms with Gasteiger partial charge in [-0.1, -0.05) is 102 Å². The van der Waals surface area contributed by atoms with Crippen LogP contribution in [0.25, 0.3) is 27.5 Å². The number of nitrogens with zero attached hydrogens (tertiary/aromatic N) is 1. The molecule has 3 nitrogen and oxygen atoms in total.